The number of hydrogen-bond donors (Lipinski definition) is 1. The fourth-order valence-corrected chi connectivity index (χ4v) is 4.37. The van der Waals surface area contributed by atoms with Gasteiger partial charge in [-0.3, -0.25) is 0 Å². The maximum Gasteiger partial charge on any atom is 1.00 e. The molecule has 0 aliphatic heterocycles. The van der Waals surface area contributed by atoms with Crippen molar-refractivity contribution in [3.8, 4) is 34.8 Å². The molecule has 2 aromatic heterocycles. The summed E-state index contributed by atoms with van der Waals surface area (Å²) in [7, 11) is -2.80. The average Bonchev–Trinajstić information content (AvgIpc) is 2.93. The Hall–Kier alpha value is -3.69. The Balaban J connectivity index is 0.00000441. The SMILES string of the molecule is COc1ccccc1Oc1c([N-]S(=O)(=O)c2ccc(C(C)(C)C)cc2)nc(-c2ncccn2)nc1OCCO.[Li+]. The van der Waals surface area contributed by atoms with Gasteiger partial charge in [0.1, 0.15) is 12.4 Å². The number of rotatable bonds is 10. The molecule has 0 aliphatic carbocycles. The number of para-hydroxylation sites is 2. The van der Waals surface area contributed by atoms with Crippen LogP contribution in [0.1, 0.15) is 26.3 Å². The van der Waals surface area contributed by atoms with Crippen molar-refractivity contribution in [3.05, 3.63) is 77.3 Å². The van der Waals surface area contributed by atoms with Gasteiger partial charge in [0.15, 0.2) is 23.1 Å². The maximum atomic E-state index is 13.4. The molecule has 0 saturated carbocycles. The quantitative estimate of drug-likeness (QED) is 0.286. The molecule has 2 heterocycles. The van der Waals surface area contributed by atoms with E-state index in [1.807, 2.05) is 20.8 Å². The number of aliphatic hydroxyl groups is 1. The Kier molecular flexibility index (Phi) is 10.1. The molecule has 0 aliphatic rings. The van der Waals surface area contributed by atoms with Gasteiger partial charge in [0.05, 0.1) is 18.6 Å². The molecule has 0 saturated heterocycles. The van der Waals surface area contributed by atoms with Crippen LogP contribution in [0.25, 0.3) is 16.4 Å². The summed E-state index contributed by atoms with van der Waals surface area (Å²) in [5, 5.41) is 9.39. The van der Waals surface area contributed by atoms with E-state index in [9.17, 15) is 13.5 Å². The molecular formula is C27H28LiN5O6S. The molecule has 0 radical (unpaired) electrons. The largest absolute Gasteiger partial charge is 1.00 e. The predicted octanol–water partition coefficient (Wildman–Crippen LogP) is 1.80. The van der Waals surface area contributed by atoms with Crippen molar-refractivity contribution in [2.24, 2.45) is 0 Å². The van der Waals surface area contributed by atoms with Gasteiger partial charge in [-0.15, -0.1) is 0 Å². The van der Waals surface area contributed by atoms with Crippen molar-refractivity contribution in [2.75, 3.05) is 20.3 Å². The number of methoxy groups -OCH3 is 1. The van der Waals surface area contributed by atoms with Crippen LogP contribution in [0.2, 0.25) is 0 Å². The number of sulfonamides is 1. The minimum absolute atomic E-state index is 0. The van der Waals surface area contributed by atoms with Crippen molar-refractivity contribution in [1.82, 2.24) is 19.9 Å². The van der Waals surface area contributed by atoms with E-state index in [0.29, 0.717) is 5.75 Å². The molecular weight excluding hydrogens is 529 g/mol. The minimum Gasteiger partial charge on any atom is -0.493 e. The van der Waals surface area contributed by atoms with E-state index in [4.69, 9.17) is 14.2 Å². The summed E-state index contributed by atoms with van der Waals surface area (Å²) in [6.45, 7) is 5.61. The van der Waals surface area contributed by atoms with Crippen LogP contribution in [0.4, 0.5) is 5.82 Å². The summed E-state index contributed by atoms with van der Waals surface area (Å²) >= 11 is 0. The molecule has 0 fully saturated rings. The fraction of sp³-hybridized carbons (Fsp3) is 0.259. The molecule has 2 aromatic carbocycles. The zero-order chi connectivity index (χ0) is 28.0. The van der Waals surface area contributed by atoms with E-state index in [2.05, 4.69) is 24.7 Å². The summed E-state index contributed by atoms with van der Waals surface area (Å²) < 4.78 is 47.9. The molecule has 4 aromatic rings. The predicted molar refractivity (Wildman–Crippen MR) is 144 cm³/mol. The van der Waals surface area contributed by atoms with E-state index in [1.54, 1.807) is 42.5 Å². The second-order valence-corrected chi connectivity index (χ2v) is 10.8. The summed E-state index contributed by atoms with van der Waals surface area (Å²) in [6, 6.07) is 14.8. The molecule has 1 N–H and O–H groups in total. The first-order valence-electron chi connectivity index (χ1n) is 11.9. The number of nitrogens with zero attached hydrogens (tertiary/aromatic N) is 5. The van der Waals surface area contributed by atoms with Crippen LogP contribution in [0, 0.1) is 0 Å². The first-order valence-corrected chi connectivity index (χ1v) is 13.4. The van der Waals surface area contributed by atoms with E-state index < -0.39 is 10.0 Å². The van der Waals surface area contributed by atoms with Gasteiger partial charge in [-0.2, -0.15) is 0 Å². The van der Waals surface area contributed by atoms with E-state index in [1.165, 1.54) is 31.6 Å². The van der Waals surface area contributed by atoms with Gasteiger partial charge in [-0.25, -0.2) is 23.4 Å². The van der Waals surface area contributed by atoms with Gasteiger partial charge in [0.25, 0.3) is 5.88 Å². The summed E-state index contributed by atoms with van der Waals surface area (Å²) in [5.74, 6) is -0.0261. The Bertz CT molecular complexity index is 1530. The van der Waals surface area contributed by atoms with Crippen LogP contribution in [0.3, 0.4) is 0 Å². The van der Waals surface area contributed by atoms with Gasteiger partial charge in [0, 0.05) is 18.2 Å². The van der Waals surface area contributed by atoms with Crippen LogP contribution in [-0.4, -0.2) is 53.8 Å². The average molecular weight is 558 g/mol. The topological polar surface area (TPSA) is 148 Å². The van der Waals surface area contributed by atoms with Crippen molar-refractivity contribution in [2.45, 2.75) is 31.1 Å². The van der Waals surface area contributed by atoms with E-state index in [-0.39, 0.29) is 77.2 Å². The van der Waals surface area contributed by atoms with E-state index in [0.717, 1.165) is 5.56 Å². The number of aromatic nitrogens is 4. The second-order valence-electron chi connectivity index (χ2n) is 9.24. The van der Waals surface area contributed by atoms with Crippen molar-refractivity contribution in [3.63, 3.8) is 0 Å². The van der Waals surface area contributed by atoms with Crippen LogP contribution in [0.5, 0.6) is 23.1 Å². The van der Waals surface area contributed by atoms with Gasteiger partial charge >= 0.3 is 18.9 Å². The van der Waals surface area contributed by atoms with Crippen molar-refractivity contribution < 1.29 is 46.6 Å². The Morgan fingerprint density at radius 2 is 1.55 bits per heavy atom. The standard InChI is InChI=1S/C27H28N5O6S.Li/c1-27(2,3)18-10-12-19(13-11-18)39(34,35)32-23-22(38-21-9-6-5-8-20(21)36-4)26(37-17-16-33)31-25(30-23)24-28-14-7-15-29-24;/h5-15,33H,16-17H2,1-4H3;/q-1;+1. The number of aliphatic hydroxyl groups excluding tert-OH is 1. The molecule has 13 heteroatoms. The smallest absolute Gasteiger partial charge is 0.493 e. The molecule has 0 bridgehead atoms. The third-order valence-corrected chi connectivity index (χ3v) is 6.70. The van der Waals surface area contributed by atoms with Crippen molar-refractivity contribution in [1.29, 1.82) is 0 Å². The minimum atomic E-state index is -4.26. The molecule has 0 atom stereocenters. The number of hydrogen-bond acceptors (Lipinski definition) is 10. The van der Waals surface area contributed by atoms with Crippen molar-refractivity contribution >= 4 is 15.8 Å². The molecule has 11 nitrogen and oxygen atoms in total. The fourth-order valence-electron chi connectivity index (χ4n) is 3.43. The summed E-state index contributed by atoms with van der Waals surface area (Å²) in [4.78, 5) is 16.9. The van der Waals surface area contributed by atoms with Crippen LogP contribution < -0.4 is 33.1 Å². The van der Waals surface area contributed by atoms with Crippen LogP contribution in [-0.2, 0) is 15.4 Å². The Labute approximate surface area is 245 Å². The summed E-state index contributed by atoms with van der Waals surface area (Å²) in [6.07, 6.45) is 2.98. The molecule has 4 rings (SSSR count). The second kappa shape index (κ2) is 13.1. The normalized spacial score (nSPS) is 11.3. The molecule has 204 valence electrons. The van der Waals surface area contributed by atoms with Gasteiger partial charge in [-0.05, 0) is 41.3 Å². The molecule has 0 spiro atoms. The monoisotopic (exact) mass is 557 g/mol. The molecule has 40 heavy (non-hydrogen) atoms. The van der Waals surface area contributed by atoms with Crippen LogP contribution in [0.15, 0.2) is 71.9 Å². The Morgan fingerprint density at radius 1 is 0.900 bits per heavy atom. The molecule has 0 unspecified atom stereocenters. The zero-order valence-electron chi connectivity index (χ0n) is 22.9. The first kappa shape index (κ1) is 30.8. The van der Waals surface area contributed by atoms with Gasteiger partial charge in [0.2, 0.25) is 10.0 Å². The number of ether oxygens (including phenoxy) is 3. The van der Waals surface area contributed by atoms with Gasteiger partial charge in [-0.1, -0.05) is 45.0 Å². The third-order valence-electron chi connectivity index (χ3n) is 5.42. The summed E-state index contributed by atoms with van der Waals surface area (Å²) in [5.41, 5.74) is 0.803. The van der Waals surface area contributed by atoms with Crippen LogP contribution >= 0.6 is 0 Å². The zero-order valence-corrected chi connectivity index (χ0v) is 23.7. The Morgan fingerprint density at radius 3 is 2.15 bits per heavy atom. The number of benzene rings is 2. The molecule has 0 amide bonds. The maximum absolute atomic E-state index is 13.4. The van der Waals surface area contributed by atoms with Gasteiger partial charge < -0.3 is 29.0 Å². The first-order chi connectivity index (χ1) is 18.6. The third kappa shape index (κ3) is 7.28. The van der Waals surface area contributed by atoms with E-state index >= 15 is 0 Å².